The molecule has 3 N–H and O–H groups in total. The molecular weight excluding hydrogens is 417 g/mol. The predicted molar refractivity (Wildman–Crippen MR) is 114 cm³/mol. The third-order valence-corrected chi connectivity index (χ3v) is 3.81. The van der Waals surface area contributed by atoms with Gasteiger partial charge in [-0.3, -0.25) is 14.7 Å². The lowest BCUT2D eigenvalue weighted by molar-refractivity contribution is -0.128. The molecule has 0 atom stereocenters. The molecule has 0 aromatic rings. The summed E-state index contributed by atoms with van der Waals surface area (Å²) in [7, 11) is 1.66. The van der Waals surface area contributed by atoms with Gasteiger partial charge in [0.2, 0.25) is 5.91 Å². The maximum absolute atomic E-state index is 11.8. The third kappa shape index (κ3) is 9.66. The molecule has 0 aliphatic carbocycles. The molecule has 0 heterocycles. The van der Waals surface area contributed by atoms with E-state index in [9.17, 15) is 4.79 Å². The minimum atomic E-state index is -0.515. The molecule has 0 aliphatic rings. The topological polar surface area (TPSA) is 68.8 Å². The fraction of sp³-hybridized carbons (Fsp3) is 0.882. The number of nitrogens with zero attached hydrogens (tertiary/aromatic N) is 2. The average molecular weight is 455 g/mol. The average Bonchev–Trinajstić information content (AvgIpc) is 2.47. The number of guanidine groups is 1. The summed E-state index contributed by atoms with van der Waals surface area (Å²) in [6.07, 6.45) is 0. The van der Waals surface area contributed by atoms with Crippen LogP contribution in [0.5, 0.6) is 0 Å². The highest BCUT2D eigenvalue weighted by molar-refractivity contribution is 14.0. The van der Waals surface area contributed by atoms with Crippen molar-refractivity contribution in [3.05, 3.63) is 0 Å². The van der Waals surface area contributed by atoms with Gasteiger partial charge < -0.3 is 16.0 Å². The van der Waals surface area contributed by atoms with Crippen molar-refractivity contribution in [3.8, 4) is 0 Å². The second-order valence-corrected chi connectivity index (χ2v) is 7.01. The largest absolute Gasteiger partial charge is 0.359 e. The fourth-order valence-corrected chi connectivity index (χ4v) is 2.44. The first-order chi connectivity index (χ1) is 10.7. The van der Waals surface area contributed by atoms with E-state index in [1.807, 2.05) is 20.8 Å². The van der Waals surface area contributed by atoms with Crippen molar-refractivity contribution < 1.29 is 4.79 Å². The highest BCUT2D eigenvalue weighted by Crippen LogP contribution is 2.15. The van der Waals surface area contributed by atoms with Gasteiger partial charge in [-0.05, 0) is 48.5 Å². The summed E-state index contributed by atoms with van der Waals surface area (Å²) >= 11 is 0. The SMILES string of the molecule is CCNC(=NCC(C)(C)C(=O)NC)NCCN(C(C)C)C(C)C.I. The Bertz CT molecular complexity index is 375. The molecule has 0 rings (SSSR count). The van der Waals surface area contributed by atoms with Crippen molar-refractivity contribution in [1.82, 2.24) is 20.9 Å². The van der Waals surface area contributed by atoms with E-state index in [0.717, 1.165) is 25.6 Å². The summed E-state index contributed by atoms with van der Waals surface area (Å²) in [5.41, 5.74) is -0.515. The van der Waals surface area contributed by atoms with E-state index in [1.165, 1.54) is 0 Å². The molecule has 7 heteroatoms. The van der Waals surface area contributed by atoms with E-state index in [-0.39, 0.29) is 29.9 Å². The number of aliphatic imine (C=N–C) groups is 1. The number of carbonyl (C=O) groups excluding carboxylic acids is 1. The van der Waals surface area contributed by atoms with Crippen LogP contribution >= 0.6 is 24.0 Å². The maximum atomic E-state index is 11.8. The molecule has 0 saturated heterocycles. The van der Waals surface area contributed by atoms with Gasteiger partial charge in [0, 0.05) is 38.8 Å². The van der Waals surface area contributed by atoms with Gasteiger partial charge in [-0.25, -0.2) is 0 Å². The Kier molecular flexibility index (Phi) is 13.6. The highest BCUT2D eigenvalue weighted by Gasteiger charge is 2.26. The van der Waals surface area contributed by atoms with Crippen molar-refractivity contribution in [1.29, 1.82) is 0 Å². The molecule has 0 aliphatic heterocycles. The second-order valence-electron chi connectivity index (χ2n) is 7.01. The van der Waals surface area contributed by atoms with E-state index < -0.39 is 5.41 Å². The number of rotatable bonds is 9. The Labute approximate surface area is 165 Å². The predicted octanol–water partition coefficient (Wildman–Crippen LogP) is 2.05. The molecule has 24 heavy (non-hydrogen) atoms. The Balaban J connectivity index is 0. The van der Waals surface area contributed by atoms with E-state index in [2.05, 4.69) is 53.5 Å². The van der Waals surface area contributed by atoms with Gasteiger partial charge >= 0.3 is 0 Å². The molecule has 6 nitrogen and oxygen atoms in total. The normalized spacial score (nSPS) is 12.4. The number of halogens is 1. The zero-order chi connectivity index (χ0) is 18.0. The molecule has 0 spiro atoms. The molecule has 1 amide bonds. The van der Waals surface area contributed by atoms with E-state index in [1.54, 1.807) is 7.05 Å². The monoisotopic (exact) mass is 455 g/mol. The molecule has 0 saturated carbocycles. The minimum Gasteiger partial charge on any atom is -0.359 e. The molecule has 0 fully saturated rings. The molecule has 0 aromatic heterocycles. The maximum Gasteiger partial charge on any atom is 0.227 e. The Hall–Kier alpha value is -0.570. The van der Waals surface area contributed by atoms with Crippen molar-refractivity contribution >= 4 is 35.8 Å². The molecule has 144 valence electrons. The van der Waals surface area contributed by atoms with Gasteiger partial charge in [-0.2, -0.15) is 0 Å². The van der Waals surface area contributed by atoms with Crippen LogP contribution in [0.25, 0.3) is 0 Å². The lowest BCUT2D eigenvalue weighted by atomic mass is 9.93. The summed E-state index contributed by atoms with van der Waals surface area (Å²) in [4.78, 5) is 18.8. The van der Waals surface area contributed by atoms with Gasteiger partial charge in [0.25, 0.3) is 0 Å². The smallest absolute Gasteiger partial charge is 0.227 e. The Morgan fingerprint density at radius 2 is 1.67 bits per heavy atom. The minimum absolute atomic E-state index is 0. The number of amides is 1. The summed E-state index contributed by atoms with van der Waals surface area (Å²) in [6, 6.07) is 1.03. The van der Waals surface area contributed by atoms with Crippen LogP contribution in [-0.4, -0.2) is 62.1 Å². The number of hydrogen-bond donors (Lipinski definition) is 3. The van der Waals surface area contributed by atoms with Crippen LogP contribution in [-0.2, 0) is 4.79 Å². The third-order valence-electron chi connectivity index (χ3n) is 3.81. The lowest BCUT2D eigenvalue weighted by Gasteiger charge is -2.30. The first-order valence-corrected chi connectivity index (χ1v) is 8.65. The number of carbonyl (C=O) groups is 1. The molecule has 0 aromatic carbocycles. The van der Waals surface area contributed by atoms with Gasteiger partial charge in [-0.1, -0.05) is 0 Å². The quantitative estimate of drug-likeness (QED) is 0.283. The fourth-order valence-electron chi connectivity index (χ4n) is 2.44. The van der Waals surface area contributed by atoms with Crippen LogP contribution in [0.4, 0.5) is 0 Å². The van der Waals surface area contributed by atoms with Crippen molar-refractivity contribution in [2.75, 3.05) is 33.2 Å². The Morgan fingerprint density at radius 3 is 2.08 bits per heavy atom. The van der Waals surface area contributed by atoms with E-state index >= 15 is 0 Å². The van der Waals surface area contributed by atoms with E-state index in [0.29, 0.717) is 18.6 Å². The van der Waals surface area contributed by atoms with Crippen LogP contribution in [0, 0.1) is 5.41 Å². The highest BCUT2D eigenvalue weighted by atomic mass is 127. The Morgan fingerprint density at radius 1 is 1.12 bits per heavy atom. The van der Waals surface area contributed by atoms with Gasteiger partial charge in [0.15, 0.2) is 5.96 Å². The summed E-state index contributed by atoms with van der Waals surface area (Å²) in [5, 5.41) is 9.28. The van der Waals surface area contributed by atoms with Crippen LogP contribution in [0.3, 0.4) is 0 Å². The van der Waals surface area contributed by atoms with Gasteiger partial charge in [0.1, 0.15) is 0 Å². The molecular formula is C17H38IN5O. The van der Waals surface area contributed by atoms with Gasteiger partial charge in [0.05, 0.1) is 12.0 Å². The van der Waals surface area contributed by atoms with Crippen LogP contribution in [0.1, 0.15) is 48.5 Å². The summed E-state index contributed by atoms with van der Waals surface area (Å²) < 4.78 is 0. The second kappa shape index (κ2) is 12.7. The van der Waals surface area contributed by atoms with Gasteiger partial charge in [-0.15, -0.1) is 24.0 Å². The lowest BCUT2D eigenvalue weighted by Crippen LogP contribution is -2.46. The first kappa shape index (κ1) is 25.7. The van der Waals surface area contributed by atoms with Crippen LogP contribution in [0.2, 0.25) is 0 Å². The molecule has 0 bridgehead atoms. The van der Waals surface area contributed by atoms with Crippen LogP contribution < -0.4 is 16.0 Å². The zero-order valence-electron chi connectivity index (χ0n) is 16.7. The number of nitrogens with one attached hydrogen (secondary N) is 3. The number of hydrogen-bond acceptors (Lipinski definition) is 3. The van der Waals surface area contributed by atoms with E-state index in [4.69, 9.17) is 0 Å². The molecule has 0 unspecified atom stereocenters. The first-order valence-electron chi connectivity index (χ1n) is 8.65. The summed E-state index contributed by atoms with van der Waals surface area (Å²) in [5.74, 6) is 0.764. The summed E-state index contributed by atoms with van der Waals surface area (Å²) in [6.45, 7) is 17.7. The van der Waals surface area contributed by atoms with Crippen molar-refractivity contribution in [3.63, 3.8) is 0 Å². The standard InChI is InChI=1S/C17H37N5O.HI/c1-9-19-16(21-12-17(6,7)15(23)18-8)20-10-11-22(13(2)3)14(4)5;/h13-14H,9-12H2,1-8H3,(H,18,23)(H2,19,20,21);1H. The van der Waals surface area contributed by atoms with Crippen LogP contribution in [0.15, 0.2) is 4.99 Å². The zero-order valence-corrected chi connectivity index (χ0v) is 19.0. The molecule has 0 radical (unpaired) electrons. The van der Waals surface area contributed by atoms with Crippen molar-refractivity contribution in [2.24, 2.45) is 10.4 Å². The van der Waals surface area contributed by atoms with Crippen molar-refractivity contribution in [2.45, 2.75) is 60.5 Å².